The summed E-state index contributed by atoms with van der Waals surface area (Å²) in [5.74, 6) is 2.97. The number of benzene rings is 2. The van der Waals surface area contributed by atoms with E-state index in [1.165, 1.54) is 0 Å². The first kappa shape index (κ1) is 18.4. The number of carbonyl (C=O) groups is 1. The molecule has 1 saturated carbocycles. The minimum Gasteiger partial charge on any atom is -0.497 e. The molecule has 0 saturated heterocycles. The Morgan fingerprint density at radius 2 is 1.87 bits per heavy atom. The lowest BCUT2D eigenvalue weighted by atomic mass is 10.00. The molecule has 1 aliphatic heterocycles. The van der Waals surface area contributed by atoms with Crippen LogP contribution < -0.4 is 24.3 Å². The fourth-order valence-corrected chi connectivity index (χ4v) is 3.55. The summed E-state index contributed by atoms with van der Waals surface area (Å²) in [5.41, 5.74) is 1.29. The van der Waals surface area contributed by atoms with Gasteiger partial charge in [0.1, 0.15) is 11.5 Å². The van der Waals surface area contributed by atoms with Crippen molar-refractivity contribution in [1.29, 1.82) is 0 Å². The van der Waals surface area contributed by atoms with Crippen LogP contribution in [0.1, 0.15) is 18.5 Å². The molecule has 8 heteroatoms. The van der Waals surface area contributed by atoms with E-state index in [-0.39, 0.29) is 12.7 Å². The average Bonchev–Trinajstić information content (AvgIpc) is 3.21. The number of fused-ring (bicyclic) bond motifs is 1. The number of aromatic nitrogens is 1. The van der Waals surface area contributed by atoms with Crippen LogP contribution in [-0.2, 0) is 10.2 Å². The van der Waals surface area contributed by atoms with Crippen LogP contribution in [0, 0.1) is 0 Å². The molecule has 2 heterocycles. The Balaban J connectivity index is 1.38. The molecule has 0 atom stereocenters. The monoisotopic (exact) mass is 408 g/mol. The van der Waals surface area contributed by atoms with Crippen LogP contribution in [0.5, 0.6) is 23.0 Å². The molecule has 1 fully saturated rings. The van der Waals surface area contributed by atoms with E-state index in [9.17, 15) is 4.79 Å². The van der Waals surface area contributed by atoms with Crippen LogP contribution in [0.2, 0.25) is 0 Å². The highest BCUT2D eigenvalue weighted by Gasteiger charge is 2.54. The Morgan fingerprint density at radius 1 is 1.03 bits per heavy atom. The Hall–Kier alpha value is -3.68. The van der Waals surface area contributed by atoms with E-state index in [4.69, 9.17) is 23.5 Å². The molecule has 1 aromatic heterocycles. The first-order valence-electron chi connectivity index (χ1n) is 9.54. The van der Waals surface area contributed by atoms with Crippen molar-refractivity contribution in [3.8, 4) is 34.3 Å². The molecule has 1 amide bonds. The van der Waals surface area contributed by atoms with Crippen molar-refractivity contribution in [1.82, 2.24) is 5.16 Å². The largest absolute Gasteiger partial charge is 0.497 e. The highest BCUT2D eigenvalue weighted by atomic mass is 16.7. The van der Waals surface area contributed by atoms with Crippen LogP contribution in [0.3, 0.4) is 0 Å². The number of ether oxygens (including phenoxy) is 4. The average molecular weight is 408 g/mol. The summed E-state index contributed by atoms with van der Waals surface area (Å²) in [6.07, 6.45) is 1.40. The second-order valence-corrected chi connectivity index (χ2v) is 7.25. The first-order valence-corrected chi connectivity index (χ1v) is 9.54. The maximum atomic E-state index is 13.1. The van der Waals surface area contributed by atoms with E-state index < -0.39 is 5.41 Å². The fraction of sp³-hybridized carbons (Fsp3) is 0.273. The van der Waals surface area contributed by atoms with Gasteiger partial charge in [-0.15, -0.1) is 0 Å². The van der Waals surface area contributed by atoms with Gasteiger partial charge in [0, 0.05) is 17.7 Å². The lowest BCUT2D eigenvalue weighted by Crippen LogP contribution is -2.28. The summed E-state index contributed by atoms with van der Waals surface area (Å²) in [7, 11) is 3.13. The third-order valence-corrected chi connectivity index (χ3v) is 5.50. The Labute approximate surface area is 172 Å². The van der Waals surface area contributed by atoms with Crippen molar-refractivity contribution in [2.75, 3.05) is 26.3 Å². The lowest BCUT2D eigenvalue weighted by molar-refractivity contribution is -0.118. The molecule has 30 heavy (non-hydrogen) atoms. The summed E-state index contributed by atoms with van der Waals surface area (Å²) >= 11 is 0. The van der Waals surface area contributed by atoms with Gasteiger partial charge in [0.15, 0.2) is 17.3 Å². The Bertz CT molecular complexity index is 1120. The molecule has 1 aliphatic carbocycles. The van der Waals surface area contributed by atoms with E-state index >= 15 is 0 Å². The van der Waals surface area contributed by atoms with E-state index in [2.05, 4.69) is 10.5 Å². The van der Waals surface area contributed by atoms with E-state index in [0.29, 0.717) is 53.0 Å². The zero-order valence-electron chi connectivity index (χ0n) is 16.6. The maximum Gasteiger partial charge on any atom is 0.236 e. The zero-order valence-corrected chi connectivity index (χ0v) is 16.6. The number of hydrogen-bond donors (Lipinski definition) is 1. The standard InChI is InChI=1S/C22H20N2O6/c1-26-14-4-5-15(18(10-14)27-2)23-21(25)22(7-8-22)20-11-17(30-24-20)13-3-6-16-19(9-13)29-12-28-16/h3-6,9-11H,7-8,12H2,1-2H3,(H,23,25). The molecular weight excluding hydrogens is 388 g/mol. The molecule has 8 nitrogen and oxygen atoms in total. The first-order chi connectivity index (χ1) is 14.6. The number of carbonyl (C=O) groups excluding carboxylic acids is 1. The number of rotatable bonds is 6. The number of amides is 1. The van der Waals surface area contributed by atoms with Crippen molar-refractivity contribution < 1.29 is 28.3 Å². The molecule has 0 spiro atoms. The smallest absolute Gasteiger partial charge is 0.236 e. The molecular formula is C22H20N2O6. The maximum absolute atomic E-state index is 13.1. The number of methoxy groups -OCH3 is 2. The molecule has 0 radical (unpaired) electrons. The molecule has 0 unspecified atom stereocenters. The van der Waals surface area contributed by atoms with Gasteiger partial charge in [-0.2, -0.15) is 0 Å². The van der Waals surface area contributed by atoms with Crippen molar-refractivity contribution in [3.63, 3.8) is 0 Å². The normalized spacial score (nSPS) is 15.5. The Kier molecular flexibility index (Phi) is 4.27. The molecule has 2 aromatic carbocycles. The number of anilines is 1. The molecule has 2 aliphatic rings. The number of nitrogens with one attached hydrogen (secondary N) is 1. The fourth-order valence-electron chi connectivity index (χ4n) is 3.55. The molecule has 5 rings (SSSR count). The molecule has 1 N–H and O–H groups in total. The number of nitrogens with zero attached hydrogens (tertiary/aromatic N) is 1. The highest BCUT2D eigenvalue weighted by molar-refractivity contribution is 6.02. The zero-order chi connectivity index (χ0) is 20.7. The van der Waals surface area contributed by atoms with E-state index in [0.717, 1.165) is 5.56 Å². The molecule has 0 bridgehead atoms. The van der Waals surface area contributed by atoms with Gasteiger partial charge in [0.2, 0.25) is 12.7 Å². The summed E-state index contributed by atoms with van der Waals surface area (Å²) in [6.45, 7) is 0.207. The Morgan fingerprint density at radius 3 is 2.63 bits per heavy atom. The highest BCUT2D eigenvalue weighted by Crippen LogP contribution is 2.50. The van der Waals surface area contributed by atoms with Crippen LogP contribution >= 0.6 is 0 Å². The summed E-state index contributed by atoms with van der Waals surface area (Å²) in [6, 6.07) is 12.6. The second-order valence-electron chi connectivity index (χ2n) is 7.25. The van der Waals surface area contributed by atoms with Crippen LogP contribution in [0.15, 0.2) is 47.0 Å². The van der Waals surface area contributed by atoms with Crippen LogP contribution in [0.4, 0.5) is 5.69 Å². The van der Waals surface area contributed by atoms with Gasteiger partial charge >= 0.3 is 0 Å². The van der Waals surface area contributed by atoms with Crippen LogP contribution in [-0.4, -0.2) is 32.1 Å². The third kappa shape index (κ3) is 3.01. The van der Waals surface area contributed by atoms with Crippen molar-refractivity contribution in [2.24, 2.45) is 0 Å². The topological polar surface area (TPSA) is 92.1 Å². The van der Waals surface area contributed by atoms with Gasteiger partial charge in [-0.1, -0.05) is 5.16 Å². The van der Waals surface area contributed by atoms with Gasteiger partial charge in [-0.05, 0) is 43.2 Å². The summed E-state index contributed by atoms with van der Waals surface area (Å²) in [4.78, 5) is 13.1. The molecule has 3 aromatic rings. The number of hydrogen-bond acceptors (Lipinski definition) is 7. The predicted octanol–water partition coefficient (Wildman–Crippen LogP) is 3.76. The SMILES string of the molecule is COc1ccc(NC(=O)C2(c3cc(-c4ccc5c(c4)OCO5)on3)CC2)c(OC)c1. The van der Waals surface area contributed by atoms with Crippen LogP contribution in [0.25, 0.3) is 11.3 Å². The summed E-state index contributed by atoms with van der Waals surface area (Å²) in [5, 5.41) is 7.15. The van der Waals surface area contributed by atoms with Crippen molar-refractivity contribution in [3.05, 3.63) is 48.2 Å². The second kappa shape index (κ2) is 6.98. The minimum absolute atomic E-state index is 0.142. The van der Waals surface area contributed by atoms with Gasteiger partial charge in [0.25, 0.3) is 0 Å². The van der Waals surface area contributed by atoms with Gasteiger partial charge in [-0.3, -0.25) is 4.79 Å². The van der Waals surface area contributed by atoms with Gasteiger partial charge in [-0.25, -0.2) is 0 Å². The van der Waals surface area contributed by atoms with Gasteiger partial charge < -0.3 is 28.8 Å². The van der Waals surface area contributed by atoms with Crippen molar-refractivity contribution in [2.45, 2.75) is 18.3 Å². The van der Waals surface area contributed by atoms with Gasteiger partial charge in [0.05, 0.1) is 31.0 Å². The third-order valence-electron chi connectivity index (χ3n) is 5.50. The molecule has 154 valence electrons. The lowest BCUT2D eigenvalue weighted by Gasteiger charge is -2.15. The van der Waals surface area contributed by atoms with E-state index in [1.807, 2.05) is 24.3 Å². The summed E-state index contributed by atoms with van der Waals surface area (Å²) < 4.78 is 26.9. The van der Waals surface area contributed by atoms with Crippen molar-refractivity contribution >= 4 is 11.6 Å². The quantitative estimate of drug-likeness (QED) is 0.664. The van der Waals surface area contributed by atoms with E-state index in [1.54, 1.807) is 32.4 Å². The predicted molar refractivity (Wildman–Crippen MR) is 107 cm³/mol. The minimum atomic E-state index is -0.705.